The third-order valence-corrected chi connectivity index (χ3v) is 6.18. The lowest BCUT2D eigenvalue weighted by molar-refractivity contribution is -0.384. The Morgan fingerprint density at radius 3 is 2.65 bits per heavy atom. The van der Waals surface area contributed by atoms with E-state index in [-0.39, 0.29) is 5.69 Å². The zero-order valence-electron chi connectivity index (χ0n) is 17.9. The van der Waals surface area contributed by atoms with Crippen LogP contribution in [0.3, 0.4) is 0 Å². The maximum atomic E-state index is 12.4. The summed E-state index contributed by atoms with van der Waals surface area (Å²) in [6.45, 7) is 0.356. The van der Waals surface area contributed by atoms with Crippen molar-refractivity contribution >= 4 is 50.8 Å². The third-order valence-electron chi connectivity index (χ3n) is 4.81. The third kappa shape index (κ3) is 5.51. The molecule has 3 aromatic carbocycles. The van der Waals surface area contributed by atoms with Crippen LogP contribution in [0.25, 0.3) is 10.1 Å². The fraction of sp³-hybridized carbons (Fsp3) is 0.0833. The van der Waals surface area contributed by atoms with Crippen molar-refractivity contribution in [3.05, 3.63) is 97.9 Å². The smallest absolute Gasteiger partial charge is 0.281 e. The van der Waals surface area contributed by atoms with Crippen LogP contribution in [0.15, 0.2) is 71.8 Å². The Balaban J connectivity index is 1.40. The van der Waals surface area contributed by atoms with Gasteiger partial charge in [0.15, 0.2) is 11.5 Å². The fourth-order valence-electron chi connectivity index (χ4n) is 3.10. The number of carbonyl (C=O) groups excluding carboxylic acids is 1. The molecule has 0 fully saturated rings. The van der Waals surface area contributed by atoms with Crippen LogP contribution in [0.5, 0.6) is 11.5 Å². The first-order chi connectivity index (χ1) is 16.4. The number of fused-ring (bicyclic) bond motifs is 1. The average Bonchev–Trinajstić information content (AvgIpc) is 3.27. The fourth-order valence-corrected chi connectivity index (χ4v) is 4.16. The van der Waals surface area contributed by atoms with Gasteiger partial charge in [-0.05, 0) is 53.6 Å². The predicted molar refractivity (Wildman–Crippen MR) is 132 cm³/mol. The maximum Gasteiger partial charge on any atom is 0.281 e. The second-order valence-corrected chi connectivity index (χ2v) is 8.63. The van der Waals surface area contributed by atoms with Crippen LogP contribution in [-0.2, 0) is 6.61 Å². The zero-order chi connectivity index (χ0) is 24.1. The predicted octanol–water partition coefficient (Wildman–Crippen LogP) is 5.81. The number of hydrazone groups is 1. The number of carbonyl (C=O) groups is 1. The Morgan fingerprint density at radius 2 is 1.91 bits per heavy atom. The Hall–Kier alpha value is -3.95. The topological polar surface area (TPSA) is 103 Å². The second kappa shape index (κ2) is 10.3. The summed E-state index contributed by atoms with van der Waals surface area (Å²) in [7, 11) is 1.54. The molecule has 1 amide bonds. The first kappa shape index (κ1) is 23.2. The van der Waals surface area contributed by atoms with Gasteiger partial charge < -0.3 is 9.47 Å². The van der Waals surface area contributed by atoms with Crippen molar-refractivity contribution in [3.63, 3.8) is 0 Å². The number of nitrogens with zero attached hydrogens (tertiary/aromatic N) is 2. The summed E-state index contributed by atoms with van der Waals surface area (Å²) < 4.78 is 12.0. The molecule has 172 valence electrons. The number of nitro groups is 1. The van der Waals surface area contributed by atoms with E-state index in [9.17, 15) is 14.9 Å². The number of nitrogens with one attached hydrogen (secondary N) is 1. The number of amides is 1. The standard InChI is InChI=1S/C24H18ClN3O5S/c1-32-21-10-16(4-8-20(21)33-14-15-2-5-18(25)6-3-15)13-26-27-24(29)23-12-17-11-19(28(30)31)7-9-22(17)34-23/h2-13H,14H2,1H3,(H,27,29). The highest BCUT2D eigenvalue weighted by Crippen LogP contribution is 2.30. The minimum absolute atomic E-state index is 0.0233. The van der Waals surface area contributed by atoms with Gasteiger partial charge in [-0.15, -0.1) is 11.3 Å². The monoisotopic (exact) mass is 495 g/mol. The Morgan fingerprint density at radius 1 is 1.12 bits per heavy atom. The molecule has 0 saturated heterocycles. The number of nitro benzene ring substituents is 1. The number of benzene rings is 3. The molecular formula is C24H18ClN3O5S. The molecule has 4 aromatic rings. The number of thiophene rings is 1. The molecule has 0 aliphatic rings. The Kier molecular flexibility index (Phi) is 7.05. The molecular weight excluding hydrogens is 478 g/mol. The minimum Gasteiger partial charge on any atom is -0.493 e. The molecule has 0 aliphatic carbocycles. The van der Waals surface area contributed by atoms with Gasteiger partial charge in [0.25, 0.3) is 11.6 Å². The van der Waals surface area contributed by atoms with Crippen molar-refractivity contribution in [1.82, 2.24) is 5.43 Å². The number of methoxy groups -OCH3 is 1. The summed E-state index contributed by atoms with van der Waals surface area (Å²) in [6, 6.07) is 18.7. The Bertz CT molecular complexity index is 1390. The van der Waals surface area contributed by atoms with E-state index in [0.717, 1.165) is 10.3 Å². The number of hydrogen-bond acceptors (Lipinski definition) is 7. The molecule has 0 aliphatic heterocycles. The molecule has 0 bridgehead atoms. The lowest BCUT2D eigenvalue weighted by atomic mass is 10.2. The van der Waals surface area contributed by atoms with Crippen LogP contribution in [0.2, 0.25) is 5.02 Å². The van der Waals surface area contributed by atoms with Crippen molar-refractivity contribution < 1.29 is 19.2 Å². The van der Waals surface area contributed by atoms with Gasteiger partial charge in [-0.25, -0.2) is 5.43 Å². The van der Waals surface area contributed by atoms with Crippen LogP contribution >= 0.6 is 22.9 Å². The summed E-state index contributed by atoms with van der Waals surface area (Å²) in [4.78, 5) is 23.3. The molecule has 4 rings (SSSR count). The van der Waals surface area contributed by atoms with Crippen molar-refractivity contribution in [2.75, 3.05) is 7.11 Å². The molecule has 0 unspecified atom stereocenters. The molecule has 0 radical (unpaired) electrons. The van der Waals surface area contributed by atoms with Gasteiger partial charge in [0.1, 0.15) is 6.61 Å². The molecule has 10 heteroatoms. The van der Waals surface area contributed by atoms with E-state index in [1.807, 2.05) is 12.1 Å². The Labute approximate surface area is 203 Å². The summed E-state index contributed by atoms with van der Waals surface area (Å²) in [5, 5.41) is 16.2. The van der Waals surface area contributed by atoms with E-state index < -0.39 is 10.8 Å². The first-order valence-electron chi connectivity index (χ1n) is 9.99. The van der Waals surface area contributed by atoms with Gasteiger partial charge in [0, 0.05) is 27.2 Å². The second-order valence-electron chi connectivity index (χ2n) is 7.11. The highest BCUT2D eigenvalue weighted by molar-refractivity contribution is 7.20. The van der Waals surface area contributed by atoms with E-state index in [1.54, 1.807) is 49.6 Å². The summed E-state index contributed by atoms with van der Waals surface area (Å²) in [5.41, 5.74) is 4.12. The molecule has 0 spiro atoms. The lowest BCUT2D eigenvalue weighted by Gasteiger charge is -2.11. The minimum atomic E-state index is -0.469. The number of halogens is 1. The van der Waals surface area contributed by atoms with Gasteiger partial charge in [-0.2, -0.15) is 5.10 Å². The van der Waals surface area contributed by atoms with Crippen LogP contribution in [0, 0.1) is 10.1 Å². The van der Waals surface area contributed by atoms with Crippen LogP contribution in [0.4, 0.5) is 5.69 Å². The molecule has 1 aromatic heterocycles. The molecule has 1 N–H and O–H groups in total. The SMILES string of the molecule is COc1cc(C=NNC(=O)c2cc3cc([N+](=O)[O-])ccc3s2)ccc1OCc1ccc(Cl)cc1. The largest absolute Gasteiger partial charge is 0.493 e. The number of ether oxygens (including phenoxy) is 2. The summed E-state index contributed by atoms with van der Waals surface area (Å²) >= 11 is 7.14. The highest BCUT2D eigenvalue weighted by Gasteiger charge is 2.13. The van der Waals surface area contributed by atoms with Crippen molar-refractivity contribution in [3.8, 4) is 11.5 Å². The number of non-ortho nitro benzene ring substituents is 1. The average molecular weight is 496 g/mol. The number of rotatable bonds is 8. The quantitative estimate of drug-likeness (QED) is 0.188. The van der Waals surface area contributed by atoms with Gasteiger partial charge >= 0.3 is 0 Å². The van der Waals surface area contributed by atoms with Gasteiger partial charge in [-0.1, -0.05) is 23.7 Å². The first-order valence-corrected chi connectivity index (χ1v) is 11.2. The van der Waals surface area contributed by atoms with Crippen LogP contribution in [-0.4, -0.2) is 24.2 Å². The van der Waals surface area contributed by atoms with E-state index in [2.05, 4.69) is 10.5 Å². The number of hydrogen-bond donors (Lipinski definition) is 1. The highest BCUT2D eigenvalue weighted by atomic mass is 35.5. The zero-order valence-corrected chi connectivity index (χ0v) is 19.4. The molecule has 0 atom stereocenters. The van der Waals surface area contributed by atoms with Gasteiger partial charge in [0.2, 0.25) is 0 Å². The molecule has 0 saturated carbocycles. The van der Waals surface area contributed by atoms with E-state index >= 15 is 0 Å². The van der Waals surface area contributed by atoms with E-state index in [0.29, 0.717) is 39.0 Å². The van der Waals surface area contributed by atoms with Gasteiger partial charge in [0.05, 0.1) is 23.1 Å². The van der Waals surface area contributed by atoms with Crippen molar-refractivity contribution in [2.24, 2.45) is 5.10 Å². The van der Waals surface area contributed by atoms with Crippen molar-refractivity contribution in [2.45, 2.75) is 6.61 Å². The molecule has 34 heavy (non-hydrogen) atoms. The van der Waals surface area contributed by atoms with E-state index in [1.165, 1.54) is 29.7 Å². The van der Waals surface area contributed by atoms with E-state index in [4.69, 9.17) is 21.1 Å². The van der Waals surface area contributed by atoms with Gasteiger partial charge in [-0.3, -0.25) is 14.9 Å². The molecule has 1 heterocycles. The lowest BCUT2D eigenvalue weighted by Crippen LogP contribution is -2.16. The maximum absolute atomic E-state index is 12.4. The van der Waals surface area contributed by atoms with Crippen molar-refractivity contribution in [1.29, 1.82) is 0 Å². The van der Waals surface area contributed by atoms with Crippen LogP contribution in [0.1, 0.15) is 20.8 Å². The summed E-state index contributed by atoms with van der Waals surface area (Å²) in [6.07, 6.45) is 1.49. The van der Waals surface area contributed by atoms with Crippen LogP contribution < -0.4 is 14.9 Å². The molecule has 8 nitrogen and oxygen atoms in total. The normalized spacial score (nSPS) is 11.0. The summed E-state index contributed by atoms with van der Waals surface area (Å²) in [5.74, 6) is 0.684.